The number of H-pyrrole nitrogens is 1. The summed E-state index contributed by atoms with van der Waals surface area (Å²) in [5, 5.41) is 1.32. The fourth-order valence-corrected chi connectivity index (χ4v) is 3.57. The minimum Gasteiger partial charge on any atom is -0.497 e. The van der Waals surface area contributed by atoms with E-state index in [2.05, 4.69) is 35.9 Å². The van der Waals surface area contributed by atoms with Gasteiger partial charge in [0.2, 0.25) is 0 Å². The second-order valence-electron chi connectivity index (χ2n) is 6.44. The Bertz CT molecular complexity index is 617. The molecule has 0 bridgehead atoms. The first-order valence-electron chi connectivity index (χ1n) is 8.05. The lowest BCUT2D eigenvalue weighted by Gasteiger charge is -2.30. The number of piperidine rings is 1. The molecule has 0 spiro atoms. The van der Waals surface area contributed by atoms with Crippen molar-refractivity contribution in [2.24, 2.45) is 5.92 Å². The average molecular weight is 286 g/mol. The first-order valence-corrected chi connectivity index (χ1v) is 8.05. The second-order valence-corrected chi connectivity index (χ2v) is 6.44. The summed E-state index contributed by atoms with van der Waals surface area (Å²) in [6, 6.07) is 6.30. The van der Waals surface area contributed by atoms with Crippen LogP contribution in [0, 0.1) is 12.8 Å². The van der Waals surface area contributed by atoms with E-state index in [-0.39, 0.29) is 0 Å². The number of hydrogen-bond acceptors (Lipinski definition) is 2. The molecule has 1 aromatic heterocycles. The minimum atomic E-state index is 0.850. The molecule has 1 unspecified atom stereocenters. The van der Waals surface area contributed by atoms with Gasteiger partial charge < -0.3 is 14.6 Å². The SMILES string of the molecule is COc1ccc2[nH]c(C)c(CCN3CCCC(C)C3)c2c1. The van der Waals surface area contributed by atoms with Gasteiger partial charge in [0.05, 0.1) is 7.11 Å². The fraction of sp³-hybridized carbons (Fsp3) is 0.556. The van der Waals surface area contributed by atoms with Crippen molar-refractivity contribution in [1.29, 1.82) is 0 Å². The number of nitrogens with zero attached hydrogens (tertiary/aromatic N) is 1. The fourth-order valence-electron chi connectivity index (χ4n) is 3.57. The van der Waals surface area contributed by atoms with Crippen molar-refractivity contribution >= 4 is 10.9 Å². The van der Waals surface area contributed by atoms with Crippen LogP contribution in [0.1, 0.15) is 31.0 Å². The molecule has 3 heteroatoms. The number of benzene rings is 1. The normalized spacial score (nSPS) is 20.0. The van der Waals surface area contributed by atoms with Gasteiger partial charge >= 0.3 is 0 Å². The van der Waals surface area contributed by atoms with Crippen molar-refractivity contribution in [3.05, 3.63) is 29.5 Å². The van der Waals surface area contributed by atoms with Crippen LogP contribution >= 0.6 is 0 Å². The predicted molar refractivity (Wildman–Crippen MR) is 88.1 cm³/mol. The summed E-state index contributed by atoms with van der Waals surface area (Å²) in [6.07, 6.45) is 3.85. The van der Waals surface area contributed by atoms with Crippen molar-refractivity contribution in [2.45, 2.75) is 33.1 Å². The number of hydrogen-bond donors (Lipinski definition) is 1. The molecule has 1 fully saturated rings. The van der Waals surface area contributed by atoms with Gasteiger partial charge in [-0.3, -0.25) is 0 Å². The molecule has 0 amide bonds. The van der Waals surface area contributed by atoms with Crippen molar-refractivity contribution in [3.63, 3.8) is 0 Å². The topological polar surface area (TPSA) is 28.3 Å². The van der Waals surface area contributed by atoms with E-state index in [0.29, 0.717) is 0 Å². The molecule has 1 saturated heterocycles. The van der Waals surface area contributed by atoms with Crippen molar-refractivity contribution in [1.82, 2.24) is 9.88 Å². The summed E-state index contributed by atoms with van der Waals surface area (Å²) >= 11 is 0. The molecule has 1 atom stereocenters. The molecule has 114 valence electrons. The smallest absolute Gasteiger partial charge is 0.119 e. The van der Waals surface area contributed by atoms with Gasteiger partial charge in [-0.05, 0) is 62.4 Å². The Morgan fingerprint density at radius 2 is 2.24 bits per heavy atom. The lowest BCUT2D eigenvalue weighted by atomic mass is 9.99. The van der Waals surface area contributed by atoms with Crippen LogP contribution in [-0.4, -0.2) is 36.6 Å². The molecule has 0 saturated carbocycles. The van der Waals surface area contributed by atoms with E-state index in [0.717, 1.165) is 24.6 Å². The molecular formula is C18H26N2O. The van der Waals surface area contributed by atoms with E-state index in [4.69, 9.17) is 4.74 Å². The van der Waals surface area contributed by atoms with Crippen molar-refractivity contribution in [3.8, 4) is 5.75 Å². The van der Waals surface area contributed by atoms with Crippen molar-refractivity contribution in [2.75, 3.05) is 26.7 Å². The Morgan fingerprint density at radius 1 is 1.38 bits per heavy atom. The first kappa shape index (κ1) is 14.5. The number of fused-ring (bicyclic) bond motifs is 1. The molecule has 0 radical (unpaired) electrons. The zero-order valence-electron chi connectivity index (χ0n) is 13.4. The Kier molecular flexibility index (Phi) is 4.20. The molecule has 1 aliphatic heterocycles. The highest BCUT2D eigenvalue weighted by Crippen LogP contribution is 2.27. The zero-order valence-corrected chi connectivity index (χ0v) is 13.4. The summed E-state index contributed by atoms with van der Waals surface area (Å²) in [4.78, 5) is 6.12. The molecule has 2 heterocycles. The monoisotopic (exact) mass is 286 g/mol. The second kappa shape index (κ2) is 6.10. The van der Waals surface area contributed by atoms with Crippen LogP contribution in [0.4, 0.5) is 0 Å². The highest BCUT2D eigenvalue weighted by molar-refractivity contribution is 5.86. The zero-order chi connectivity index (χ0) is 14.8. The summed E-state index contributed by atoms with van der Waals surface area (Å²) in [5.74, 6) is 1.79. The number of nitrogens with one attached hydrogen (secondary N) is 1. The van der Waals surface area contributed by atoms with Gasteiger partial charge in [0, 0.05) is 29.7 Å². The van der Waals surface area contributed by atoms with E-state index in [1.54, 1.807) is 7.11 Å². The number of rotatable bonds is 4. The van der Waals surface area contributed by atoms with Gasteiger partial charge in [-0.25, -0.2) is 0 Å². The van der Waals surface area contributed by atoms with E-state index in [9.17, 15) is 0 Å². The number of aromatic amines is 1. The maximum atomic E-state index is 5.37. The van der Waals surface area contributed by atoms with Crippen LogP contribution in [0.3, 0.4) is 0 Å². The quantitative estimate of drug-likeness (QED) is 0.927. The van der Waals surface area contributed by atoms with E-state index in [1.165, 1.54) is 48.1 Å². The van der Waals surface area contributed by atoms with Gasteiger partial charge in [0.25, 0.3) is 0 Å². The summed E-state index contributed by atoms with van der Waals surface area (Å²) < 4.78 is 5.37. The Labute approximate surface area is 127 Å². The van der Waals surface area contributed by atoms with Gasteiger partial charge in [0.15, 0.2) is 0 Å². The summed E-state index contributed by atoms with van der Waals surface area (Å²) in [5.41, 5.74) is 3.96. The molecule has 1 aromatic carbocycles. The number of ether oxygens (including phenoxy) is 1. The number of aromatic nitrogens is 1. The Balaban J connectivity index is 1.78. The predicted octanol–water partition coefficient (Wildman–Crippen LogP) is 3.76. The van der Waals surface area contributed by atoms with Gasteiger partial charge in [-0.2, -0.15) is 0 Å². The largest absolute Gasteiger partial charge is 0.497 e. The molecule has 2 aromatic rings. The molecule has 1 N–H and O–H groups in total. The maximum Gasteiger partial charge on any atom is 0.119 e. The molecular weight excluding hydrogens is 260 g/mol. The third-order valence-electron chi connectivity index (χ3n) is 4.75. The summed E-state index contributed by atoms with van der Waals surface area (Å²) in [7, 11) is 1.73. The molecule has 1 aliphatic rings. The lowest BCUT2D eigenvalue weighted by Crippen LogP contribution is -2.35. The third-order valence-corrected chi connectivity index (χ3v) is 4.75. The number of aryl methyl sites for hydroxylation is 1. The van der Waals surface area contributed by atoms with Crippen LogP contribution < -0.4 is 4.74 Å². The molecule has 0 aliphatic carbocycles. The van der Waals surface area contributed by atoms with Crippen LogP contribution in [0.25, 0.3) is 10.9 Å². The standard InChI is InChI=1S/C18H26N2O/c1-13-5-4-9-20(12-13)10-8-16-14(2)19-18-7-6-15(21-3)11-17(16)18/h6-7,11,13,19H,4-5,8-10,12H2,1-3H3. The van der Waals surface area contributed by atoms with Crippen LogP contribution in [0.5, 0.6) is 5.75 Å². The third kappa shape index (κ3) is 3.08. The molecule has 21 heavy (non-hydrogen) atoms. The molecule has 3 nitrogen and oxygen atoms in total. The first-order chi connectivity index (χ1) is 10.2. The van der Waals surface area contributed by atoms with Gasteiger partial charge in [0.1, 0.15) is 5.75 Å². The minimum absolute atomic E-state index is 0.850. The lowest BCUT2D eigenvalue weighted by molar-refractivity contribution is 0.186. The Hall–Kier alpha value is -1.48. The highest BCUT2D eigenvalue weighted by atomic mass is 16.5. The van der Waals surface area contributed by atoms with Crippen LogP contribution in [-0.2, 0) is 6.42 Å². The van der Waals surface area contributed by atoms with Crippen molar-refractivity contribution < 1.29 is 4.74 Å². The van der Waals surface area contributed by atoms with Gasteiger partial charge in [-0.15, -0.1) is 0 Å². The number of likely N-dealkylation sites (tertiary alicyclic amines) is 1. The van der Waals surface area contributed by atoms with Crippen LogP contribution in [0.2, 0.25) is 0 Å². The van der Waals surface area contributed by atoms with Crippen LogP contribution in [0.15, 0.2) is 18.2 Å². The maximum absolute atomic E-state index is 5.37. The van der Waals surface area contributed by atoms with E-state index >= 15 is 0 Å². The average Bonchev–Trinajstić information content (AvgIpc) is 2.79. The summed E-state index contributed by atoms with van der Waals surface area (Å²) in [6.45, 7) is 8.23. The van der Waals surface area contributed by atoms with Gasteiger partial charge in [-0.1, -0.05) is 6.92 Å². The van der Waals surface area contributed by atoms with E-state index in [1.807, 2.05) is 6.07 Å². The molecule has 3 rings (SSSR count). The Morgan fingerprint density at radius 3 is 3.00 bits per heavy atom. The number of methoxy groups -OCH3 is 1. The highest BCUT2D eigenvalue weighted by Gasteiger charge is 2.17. The van der Waals surface area contributed by atoms with E-state index < -0.39 is 0 Å².